The lowest BCUT2D eigenvalue weighted by Crippen LogP contribution is -2.06. The first-order chi connectivity index (χ1) is 8.37. The Hall–Kier alpha value is -0.920. The lowest BCUT2D eigenvalue weighted by Gasteiger charge is -2.13. The Morgan fingerprint density at radius 3 is 2.65 bits per heavy atom. The van der Waals surface area contributed by atoms with Crippen LogP contribution in [0.4, 0.5) is 0 Å². The molecular formula is C15H18N2. The van der Waals surface area contributed by atoms with E-state index in [-0.39, 0.29) is 0 Å². The van der Waals surface area contributed by atoms with E-state index < -0.39 is 0 Å². The van der Waals surface area contributed by atoms with Crippen molar-refractivity contribution in [1.82, 2.24) is 10.2 Å². The fourth-order valence-corrected chi connectivity index (χ4v) is 4.59. The summed E-state index contributed by atoms with van der Waals surface area (Å²) in [5, 5.41) is 9.10. The van der Waals surface area contributed by atoms with E-state index in [1.807, 2.05) is 0 Å². The van der Waals surface area contributed by atoms with Crippen LogP contribution in [0.15, 0.2) is 6.07 Å². The molecule has 0 aromatic carbocycles. The third-order valence-electron chi connectivity index (χ3n) is 5.76. The number of fused-ring (bicyclic) bond motifs is 3. The van der Waals surface area contributed by atoms with Crippen molar-refractivity contribution in [1.29, 1.82) is 0 Å². The van der Waals surface area contributed by atoms with Crippen molar-refractivity contribution in [3.05, 3.63) is 23.0 Å². The summed E-state index contributed by atoms with van der Waals surface area (Å²) < 4.78 is 0. The van der Waals surface area contributed by atoms with Crippen molar-refractivity contribution in [3.8, 4) is 0 Å². The van der Waals surface area contributed by atoms with E-state index in [1.54, 1.807) is 5.56 Å². The second-order valence-electron chi connectivity index (χ2n) is 6.74. The third-order valence-corrected chi connectivity index (χ3v) is 5.76. The highest BCUT2D eigenvalue weighted by Gasteiger charge is 2.64. The van der Waals surface area contributed by atoms with E-state index in [2.05, 4.69) is 16.3 Å². The molecule has 0 unspecified atom stereocenters. The number of nitrogens with zero attached hydrogens (tertiary/aromatic N) is 2. The van der Waals surface area contributed by atoms with Gasteiger partial charge in [0.05, 0.1) is 11.4 Å². The predicted octanol–water partition coefficient (Wildman–Crippen LogP) is 3.18. The maximum Gasteiger partial charge on any atom is 0.0702 e. The van der Waals surface area contributed by atoms with Gasteiger partial charge in [-0.15, -0.1) is 0 Å². The van der Waals surface area contributed by atoms with Crippen LogP contribution in [0.25, 0.3) is 0 Å². The molecule has 3 fully saturated rings. The Bertz CT molecular complexity index is 500. The van der Waals surface area contributed by atoms with Gasteiger partial charge < -0.3 is 0 Å². The van der Waals surface area contributed by atoms with Crippen LogP contribution in [0.1, 0.15) is 67.3 Å². The molecule has 17 heavy (non-hydrogen) atoms. The topological polar surface area (TPSA) is 25.8 Å². The molecule has 2 nitrogen and oxygen atoms in total. The highest BCUT2D eigenvalue weighted by Crippen LogP contribution is 2.75. The van der Waals surface area contributed by atoms with Gasteiger partial charge in [0.1, 0.15) is 0 Å². The number of hydrogen-bond donors (Lipinski definition) is 0. The van der Waals surface area contributed by atoms with Gasteiger partial charge in [-0.3, -0.25) is 0 Å². The molecule has 4 aliphatic rings. The van der Waals surface area contributed by atoms with Crippen LogP contribution in [0.5, 0.6) is 0 Å². The fraction of sp³-hybridized carbons (Fsp3) is 0.733. The molecule has 4 aliphatic carbocycles. The lowest BCUT2D eigenvalue weighted by molar-refractivity contribution is 0.456. The van der Waals surface area contributed by atoms with Gasteiger partial charge in [0, 0.05) is 5.92 Å². The van der Waals surface area contributed by atoms with Crippen LogP contribution in [0.3, 0.4) is 0 Å². The summed E-state index contributed by atoms with van der Waals surface area (Å²) in [7, 11) is 0. The van der Waals surface area contributed by atoms with Gasteiger partial charge >= 0.3 is 0 Å². The van der Waals surface area contributed by atoms with Crippen molar-refractivity contribution in [2.24, 2.45) is 11.3 Å². The van der Waals surface area contributed by atoms with Crippen molar-refractivity contribution in [2.45, 2.75) is 56.8 Å². The zero-order valence-corrected chi connectivity index (χ0v) is 10.2. The first kappa shape index (κ1) is 9.07. The maximum absolute atomic E-state index is 4.61. The summed E-state index contributed by atoms with van der Waals surface area (Å²) in [6.07, 6.45) is 9.72. The Morgan fingerprint density at radius 2 is 1.88 bits per heavy atom. The Kier molecular flexibility index (Phi) is 1.46. The average molecular weight is 226 g/mol. The van der Waals surface area contributed by atoms with Gasteiger partial charge in [-0.05, 0) is 73.8 Å². The van der Waals surface area contributed by atoms with E-state index >= 15 is 0 Å². The smallest absolute Gasteiger partial charge is 0.0702 e. The normalized spacial score (nSPS) is 35.3. The summed E-state index contributed by atoms with van der Waals surface area (Å²) in [4.78, 5) is 0. The molecule has 2 atom stereocenters. The number of hydrogen-bond acceptors (Lipinski definition) is 2. The van der Waals surface area contributed by atoms with Gasteiger partial charge in [-0.25, -0.2) is 0 Å². The Labute approximate surface area is 102 Å². The van der Waals surface area contributed by atoms with Crippen LogP contribution in [-0.4, -0.2) is 10.2 Å². The summed E-state index contributed by atoms with van der Waals surface area (Å²) in [5.74, 6) is 2.57. The minimum Gasteiger partial charge on any atom is -0.155 e. The average Bonchev–Trinajstić information content (AvgIpc) is 3.21. The molecule has 1 spiro atoms. The third kappa shape index (κ3) is 1.07. The van der Waals surface area contributed by atoms with Crippen LogP contribution < -0.4 is 0 Å². The molecular weight excluding hydrogens is 208 g/mol. The monoisotopic (exact) mass is 226 g/mol. The molecule has 88 valence electrons. The minimum absolute atomic E-state index is 0.676. The molecule has 0 aliphatic heterocycles. The van der Waals surface area contributed by atoms with Crippen molar-refractivity contribution in [2.75, 3.05) is 0 Å². The van der Waals surface area contributed by atoms with E-state index in [4.69, 9.17) is 0 Å². The van der Waals surface area contributed by atoms with Gasteiger partial charge in [0.15, 0.2) is 0 Å². The maximum atomic E-state index is 4.61. The molecule has 0 amide bonds. The zero-order valence-electron chi connectivity index (χ0n) is 10.2. The van der Waals surface area contributed by atoms with Gasteiger partial charge in [0.2, 0.25) is 0 Å². The van der Waals surface area contributed by atoms with Crippen molar-refractivity contribution in [3.63, 3.8) is 0 Å². The second kappa shape index (κ2) is 2.73. The number of aromatic nitrogens is 2. The highest BCUT2D eigenvalue weighted by atomic mass is 15.1. The molecule has 2 bridgehead atoms. The van der Waals surface area contributed by atoms with Crippen LogP contribution >= 0.6 is 0 Å². The zero-order chi connectivity index (χ0) is 11.0. The SMILES string of the molecule is c1c(CC2CC2)nnc2c1[C@@H]1CC[C@H]2C12CC2. The van der Waals surface area contributed by atoms with E-state index in [0.717, 1.165) is 17.8 Å². The van der Waals surface area contributed by atoms with Gasteiger partial charge in [0.25, 0.3) is 0 Å². The minimum atomic E-state index is 0.676. The summed E-state index contributed by atoms with van der Waals surface area (Å²) in [5.41, 5.74) is 4.94. The summed E-state index contributed by atoms with van der Waals surface area (Å²) >= 11 is 0. The number of rotatable bonds is 2. The lowest BCUT2D eigenvalue weighted by atomic mass is 9.91. The van der Waals surface area contributed by atoms with Gasteiger partial charge in [-0.2, -0.15) is 10.2 Å². The molecule has 5 rings (SSSR count). The summed E-state index contributed by atoms with van der Waals surface area (Å²) in [6, 6.07) is 2.42. The van der Waals surface area contributed by atoms with E-state index in [9.17, 15) is 0 Å². The molecule has 0 N–H and O–H groups in total. The predicted molar refractivity (Wildman–Crippen MR) is 64.8 cm³/mol. The quantitative estimate of drug-likeness (QED) is 0.774. The van der Waals surface area contributed by atoms with E-state index in [1.165, 1.54) is 56.3 Å². The molecule has 1 aromatic heterocycles. The van der Waals surface area contributed by atoms with E-state index in [0.29, 0.717) is 5.41 Å². The van der Waals surface area contributed by atoms with Crippen LogP contribution in [0.2, 0.25) is 0 Å². The van der Waals surface area contributed by atoms with Crippen LogP contribution in [-0.2, 0) is 6.42 Å². The Balaban J connectivity index is 1.58. The summed E-state index contributed by atoms with van der Waals surface area (Å²) in [6.45, 7) is 0. The first-order valence-corrected chi connectivity index (χ1v) is 7.23. The van der Waals surface area contributed by atoms with Gasteiger partial charge in [-0.1, -0.05) is 0 Å². The fourth-order valence-electron chi connectivity index (χ4n) is 4.59. The molecule has 0 radical (unpaired) electrons. The molecule has 1 heterocycles. The Morgan fingerprint density at radius 1 is 1.06 bits per heavy atom. The largest absolute Gasteiger partial charge is 0.155 e. The molecule has 0 saturated heterocycles. The van der Waals surface area contributed by atoms with Crippen molar-refractivity contribution < 1.29 is 0 Å². The second-order valence-corrected chi connectivity index (χ2v) is 6.74. The highest BCUT2D eigenvalue weighted by molar-refractivity contribution is 5.44. The molecule has 3 saturated carbocycles. The molecule has 1 aromatic rings. The first-order valence-electron chi connectivity index (χ1n) is 7.23. The molecule has 2 heteroatoms. The van der Waals surface area contributed by atoms with Crippen molar-refractivity contribution >= 4 is 0 Å². The van der Waals surface area contributed by atoms with Crippen LogP contribution in [0, 0.1) is 11.3 Å². The standard InChI is InChI=1S/C15H18N2/c1-2-9(1)7-10-8-11-12-3-4-13(14(11)17-16-10)15(12)5-6-15/h8-9,12-13H,1-7H2/t12-,13+/m0/s1.